The van der Waals surface area contributed by atoms with E-state index >= 15 is 0 Å². The molecule has 0 saturated heterocycles. The fourth-order valence-electron chi connectivity index (χ4n) is 1.31. The first-order chi connectivity index (χ1) is 7.99. The second kappa shape index (κ2) is 4.21. The van der Waals surface area contributed by atoms with Gasteiger partial charge >= 0.3 is 5.97 Å². The van der Waals surface area contributed by atoms with E-state index in [1.165, 1.54) is 12.1 Å². The smallest absolute Gasteiger partial charge is 0.345 e. The van der Waals surface area contributed by atoms with Crippen LogP contribution in [-0.4, -0.2) is 11.1 Å². The number of carboxylic acids is 1. The number of benzene rings is 1. The Morgan fingerprint density at radius 3 is 2.18 bits per heavy atom. The molecule has 1 heterocycles. The molecule has 2 aromatic rings. The van der Waals surface area contributed by atoms with Crippen molar-refractivity contribution in [2.75, 3.05) is 0 Å². The fraction of sp³-hybridized carbons (Fsp3) is 0. The van der Waals surface area contributed by atoms with Gasteiger partial charge < -0.3 is 5.11 Å². The van der Waals surface area contributed by atoms with Gasteiger partial charge in [0.05, 0.1) is 0 Å². The summed E-state index contributed by atoms with van der Waals surface area (Å²) >= 11 is 0.862. The highest BCUT2D eigenvalue weighted by atomic mass is 32.1. The fourth-order valence-corrected chi connectivity index (χ4v) is 2.14. The Labute approximate surface area is 97.9 Å². The van der Waals surface area contributed by atoms with Gasteiger partial charge in [0.15, 0.2) is 17.5 Å². The summed E-state index contributed by atoms with van der Waals surface area (Å²) in [6.45, 7) is 0. The third-order valence-corrected chi connectivity index (χ3v) is 3.21. The molecule has 0 fully saturated rings. The van der Waals surface area contributed by atoms with Crippen LogP contribution in [0.25, 0.3) is 10.4 Å². The van der Waals surface area contributed by atoms with Crippen LogP contribution in [0, 0.1) is 17.5 Å². The quantitative estimate of drug-likeness (QED) is 0.837. The predicted molar refractivity (Wildman–Crippen MR) is 56.6 cm³/mol. The van der Waals surface area contributed by atoms with Crippen molar-refractivity contribution < 1.29 is 23.1 Å². The number of carbonyl (C=O) groups is 1. The molecule has 0 spiro atoms. The van der Waals surface area contributed by atoms with Crippen molar-refractivity contribution in [2.45, 2.75) is 0 Å². The van der Waals surface area contributed by atoms with Crippen molar-refractivity contribution in [1.29, 1.82) is 0 Å². The Morgan fingerprint density at radius 1 is 1.12 bits per heavy atom. The topological polar surface area (TPSA) is 37.3 Å². The standard InChI is InChI=1S/C11H5F3O2S/c12-6-3-5(4-7(13)10(6)14)8-1-2-9(17-8)11(15)16/h1-4H,(H,15,16). The van der Waals surface area contributed by atoms with Gasteiger partial charge in [0, 0.05) is 4.88 Å². The maximum absolute atomic E-state index is 13.0. The molecule has 0 atom stereocenters. The highest BCUT2D eigenvalue weighted by Crippen LogP contribution is 2.30. The molecular formula is C11H5F3O2S. The van der Waals surface area contributed by atoms with E-state index in [1.807, 2.05) is 0 Å². The van der Waals surface area contributed by atoms with E-state index in [-0.39, 0.29) is 10.4 Å². The SMILES string of the molecule is O=C(O)c1ccc(-c2cc(F)c(F)c(F)c2)s1. The summed E-state index contributed by atoms with van der Waals surface area (Å²) in [5, 5.41) is 8.70. The summed E-state index contributed by atoms with van der Waals surface area (Å²) in [4.78, 5) is 11.0. The van der Waals surface area contributed by atoms with Crippen LogP contribution in [0.15, 0.2) is 24.3 Å². The first-order valence-corrected chi connectivity index (χ1v) is 5.28. The van der Waals surface area contributed by atoms with Crippen molar-refractivity contribution in [2.24, 2.45) is 0 Å². The van der Waals surface area contributed by atoms with Gasteiger partial charge in [-0.25, -0.2) is 18.0 Å². The highest BCUT2D eigenvalue weighted by Gasteiger charge is 2.14. The normalized spacial score (nSPS) is 10.5. The van der Waals surface area contributed by atoms with Gasteiger partial charge in [0.2, 0.25) is 0 Å². The van der Waals surface area contributed by atoms with Crippen LogP contribution < -0.4 is 0 Å². The van der Waals surface area contributed by atoms with Crippen LogP contribution in [0.2, 0.25) is 0 Å². The predicted octanol–water partition coefficient (Wildman–Crippen LogP) is 3.53. The van der Waals surface area contributed by atoms with Crippen molar-refractivity contribution in [1.82, 2.24) is 0 Å². The zero-order chi connectivity index (χ0) is 12.6. The molecule has 1 N–H and O–H groups in total. The molecule has 0 bridgehead atoms. The van der Waals surface area contributed by atoms with Gasteiger partial charge in [0.1, 0.15) is 4.88 Å². The number of thiophene rings is 1. The van der Waals surface area contributed by atoms with Gasteiger partial charge in [-0.2, -0.15) is 0 Å². The van der Waals surface area contributed by atoms with E-state index in [2.05, 4.69) is 0 Å². The molecule has 1 aromatic heterocycles. The molecule has 0 amide bonds. The minimum atomic E-state index is -1.54. The summed E-state index contributed by atoms with van der Waals surface area (Å²) in [6.07, 6.45) is 0. The Morgan fingerprint density at radius 2 is 1.71 bits per heavy atom. The van der Waals surface area contributed by atoms with Gasteiger partial charge in [-0.15, -0.1) is 11.3 Å². The van der Waals surface area contributed by atoms with Gasteiger partial charge in [0.25, 0.3) is 0 Å². The maximum Gasteiger partial charge on any atom is 0.345 e. The van der Waals surface area contributed by atoms with E-state index < -0.39 is 23.4 Å². The van der Waals surface area contributed by atoms with Crippen LogP contribution in [0.3, 0.4) is 0 Å². The average molecular weight is 258 g/mol. The Bertz CT molecular complexity index is 569. The van der Waals surface area contributed by atoms with E-state index in [0.717, 1.165) is 23.5 Å². The molecule has 1 aromatic carbocycles. The second-order valence-electron chi connectivity index (χ2n) is 3.22. The molecule has 0 radical (unpaired) electrons. The van der Waals surface area contributed by atoms with Crippen molar-refractivity contribution in [3.05, 3.63) is 46.6 Å². The average Bonchev–Trinajstić information content (AvgIpc) is 2.74. The van der Waals surface area contributed by atoms with E-state index in [4.69, 9.17) is 5.11 Å². The lowest BCUT2D eigenvalue weighted by Crippen LogP contribution is -1.91. The lowest BCUT2D eigenvalue weighted by Gasteiger charge is -2.00. The Kier molecular flexibility index (Phi) is 2.89. The van der Waals surface area contributed by atoms with E-state index in [1.54, 1.807) is 0 Å². The zero-order valence-electron chi connectivity index (χ0n) is 8.21. The van der Waals surface area contributed by atoms with Crippen LogP contribution in [0.1, 0.15) is 9.67 Å². The molecule has 0 aliphatic rings. The zero-order valence-corrected chi connectivity index (χ0v) is 9.02. The number of halogens is 3. The van der Waals surface area contributed by atoms with Crippen molar-refractivity contribution in [3.8, 4) is 10.4 Å². The van der Waals surface area contributed by atoms with Gasteiger partial charge in [-0.3, -0.25) is 0 Å². The molecule has 2 nitrogen and oxygen atoms in total. The highest BCUT2D eigenvalue weighted by molar-refractivity contribution is 7.17. The minimum absolute atomic E-state index is 0.0464. The third-order valence-electron chi connectivity index (χ3n) is 2.09. The van der Waals surface area contributed by atoms with E-state index in [0.29, 0.717) is 4.88 Å². The monoisotopic (exact) mass is 258 g/mol. The number of hydrogen-bond donors (Lipinski definition) is 1. The summed E-state index contributed by atoms with van der Waals surface area (Å²) in [5.41, 5.74) is 0.110. The number of aromatic carboxylic acids is 1. The molecule has 2 rings (SSSR count). The van der Waals surface area contributed by atoms with Crippen LogP contribution in [0.4, 0.5) is 13.2 Å². The molecule has 0 aliphatic heterocycles. The summed E-state index contributed by atoms with van der Waals surface area (Å²) in [6, 6.07) is 4.40. The summed E-state index contributed by atoms with van der Waals surface area (Å²) in [5.74, 6) is -5.26. The lowest BCUT2D eigenvalue weighted by atomic mass is 10.1. The van der Waals surface area contributed by atoms with Crippen LogP contribution >= 0.6 is 11.3 Å². The number of carboxylic acid groups (broad SMARTS) is 1. The van der Waals surface area contributed by atoms with Crippen molar-refractivity contribution >= 4 is 17.3 Å². The maximum atomic E-state index is 13.0. The molecule has 0 aliphatic carbocycles. The Balaban J connectivity index is 2.49. The summed E-state index contributed by atoms with van der Waals surface area (Å²) in [7, 11) is 0. The van der Waals surface area contributed by atoms with Crippen molar-refractivity contribution in [3.63, 3.8) is 0 Å². The third kappa shape index (κ3) is 2.16. The number of rotatable bonds is 2. The van der Waals surface area contributed by atoms with Gasteiger partial charge in [-0.05, 0) is 29.8 Å². The van der Waals surface area contributed by atoms with E-state index in [9.17, 15) is 18.0 Å². The molecule has 88 valence electrons. The molecule has 17 heavy (non-hydrogen) atoms. The Hall–Kier alpha value is -1.82. The molecule has 0 saturated carbocycles. The minimum Gasteiger partial charge on any atom is -0.477 e. The first-order valence-electron chi connectivity index (χ1n) is 4.47. The summed E-state index contributed by atoms with van der Waals surface area (Å²) < 4.78 is 38.6. The lowest BCUT2D eigenvalue weighted by molar-refractivity contribution is 0.0702. The van der Waals surface area contributed by atoms with Gasteiger partial charge in [-0.1, -0.05) is 0 Å². The van der Waals surface area contributed by atoms with Crippen LogP contribution in [-0.2, 0) is 0 Å². The largest absolute Gasteiger partial charge is 0.477 e. The molecular weight excluding hydrogens is 253 g/mol. The molecule has 6 heteroatoms. The molecule has 0 unspecified atom stereocenters. The first kappa shape index (κ1) is 11.7. The second-order valence-corrected chi connectivity index (χ2v) is 4.31. The van der Waals surface area contributed by atoms with Crippen LogP contribution in [0.5, 0.6) is 0 Å². The number of hydrogen-bond acceptors (Lipinski definition) is 2.